The first kappa shape index (κ1) is 73.7. The van der Waals surface area contributed by atoms with E-state index in [-0.39, 0.29) is 92.5 Å². The van der Waals surface area contributed by atoms with Gasteiger partial charge in [-0.1, -0.05) is 66.7 Å². The monoisotopic (exact) mass is 1250 g/mol. The zero-order valence-electron chi connectivity index (χ0n) is 54.1. The van der Waals surface area contributed by atoms with Crippen LogP contribution in [0.15, 0.2) is 109 Å². The van der Waals surface area contributed by atoms with Gasteiger partial charge in [-0.15, -0.1) is 0 Å². The fourth-order valence-electron chi connectivity index (χ4n) is 9.86. The third kappa shape index (κ3) is 25.0. The van der Waals surface area contributed by atoms with Gasteiger partial charge >= 0.3 is 24.1 Å². The molecular formula is C66H97N13O11. The first-order chi connectivity index (χ1) is 43.3. The average molecular weight is 1250 g/mol. The van der Waals surface area contributed by atoms with Crippen LogP contribution >= 0.6 is 0 Å². The van der Waals surface area contributed by atoms with Crippen molar-refractivity contribution in [2.75, 3.05) is 93.0 Å². The van der Waals surface area contributed by atoms with Crippen molar-refractivity contribution >= 4 is 64.6 Å². The van der Waals surface area contributed by atoms with E-state index in [1.165, 1.54) is 0 Å². The van der Waals surface area contributed by atoms with Gasteiger partial charge in [-0.2, -0.15) is 0 Å². The van der Waals surface area contributed by atoms with E-state index in [0.717, 1.165) is 111 Å². The van der Waals surface area contributed by atoms with E-state index in [1.807, 2.05) is 81.4 Å². The second kappa shape index (κ2) is 40.0. The summed E-state index contributed by atoms with van der Waals surface area (Å²) in [6.07, 6.45) is 12.7. The summed E-state index contributed by atoms with van der Waals surface area (Å²) >= 11 is 0. The Hall–Kier alpha value is -8.74. The third-order valence-corrected chi connectivity index (χ3v) is 14.6. The molecule has 10 amide bonds. The highest BCUT2D eigenvalue weighted by molar-refractivity contribution is 6.00. The van der Waals surface area contributed by atoms with Crippen molar-refractivity contribution in [1.82, 2.24) is 35.7 Å². The summed E-state index contributed by atoms with van der Waals surface area (Å²) in [6.45, 7) is 16.3. The lowest BCUT2D eigenvalue weighted by Gasteiger charge is -2.22. The smallest absolute Gasteiger partial charge is 0.325 e. The first-order valence-electron chi connectivity index (χ1n) is 31.0. The number of aliphatic hydroxyl groups excluding tert-OH is 2. The molecule has 90 heavy (non-hydrogen) atoms. The molecule has 0 aliphatic carbocycles. The van der Waals surface area contributed by atoms with Crippen LogP contribution in [0.3, 0.4) is 0 Å². The number of urea groups is 4. The summed E-state index contributed by atoms with van der Waals surface area (Å²) < 4.78 is 15.3. The van der Waals surface area contributed by atoms with Crippen molar-refractivity contribution in [2.24, 2.45) is 5.73 Å². The highest BCUT2D eigenvalue weighted by Crippen LogP contribution is 2.28. The molecule has 3 aliphatic heterocycles. The number of aromatic nitrogens is 2. The van der Waals surface area contributed by atoms with Crippen LogP contribution in [0, 0.1) is 13.8 Å². The number of anilines is 5. The first-order valence-corrected chi connectivity index (χ1v) is 31.0. The molecular weight excluding hydrogens is 1150 g/mol. The van der Waals surface area contributed by atoms with E-state index in [0.29, 0.717) is 30.4 Å². The van der Waals surface area contributed by atoms with E-state index in [2.05, 4.69) is 69.6 Å². The Bertz CT molecular complexity index is 2960. The molecule has 10 N–H and O–H groups in total. The molecule has 0 unspecified atom stereocenters. The van der Waals surface area contributed by atoms with E-state index in [4.69, 9.17) is 30.2 Å². The van der Waals surface area contributed by atoms with E-state index < -0.39 is 0 Å². The quantitative estimate of drug-likeness (QED) is 0.0263. The van der Waals surface area contributed by atoms with E-state index in [1.54, 1.807) is 89.7 Å². The van der Waals surface area contributed by atoms with E-state index >= 15 is 0 Å². The highest BCUT2D eigenvalue weighted by Gasteiger charge is 2.39. The van der Waals surface area contributed by atoms with Crippen molar-refractivity contribution in [3.63, 3.8) is 0 Å². The molecule has 3 saturated heterocycles. The predicted octanol–water partition coefficient (Wildman–Crippen LogP) is 9.45. The van der Waals surface area contributed by atoms with Gasteiger partial charge < -0.3 is 71.9 Å². The van der Waals surface area contributed by atoms with Gasteiger partial charge in [-0.05, 0) is 154 Å². The van der Waals surface area contributed by atoms with Crippen LogP contribution < -0.4 is 61.6 Å². The SMILES string of the molecule is CCC[C@@H](CO)NC(=O)Nc1ccc(OC)cc1.CCC[C@H](N)CO.CCC[C@H]1CN(c2ccc(OC)cc2)C(=O)N1.CCC[C@H]1CN(c2ccc(OC)cc2)C(=O)N1CC(=O)Nc1cc(C)ccn1.CCC[C@H]1CNC(=O)N1CC(=O)Nc1cc(C)ccn1. The topological polar surface area (TPSA) is 308 Å². The Kier molecular flexibility index (Phi) is 32.8. The Labute approximate surface area is 531 Å². The number of aliphatic hydroxyl groups is 2. The molecule has 0 spiro atoms. The van der Waals surface area contributed by atoms with Crippen LogP contribution in [-0.4, -0.2) is 163 Å². The third-order valence-electron chi connectivity index (χ3n) is 14.6. The lowest BCUT2D eigenvalue weighted by molar-refractivity contribution is -0.117. The number of amides is 10. The van der Waals surface area contributed by atoms with Crippen molar-refractivity contribution in [3.8, 4) is 17.2 Å². The van der Waals surface area contributed by atoms with Crippen LogP contribution in [0.25, 0.3) is 0 Å². The molecule has 24 nitrogen and oxygen atoms in total. The minimum absolute atomic E-state index is 0.00387. The number of rotatable bonds is 25. The molecule has 2 aromatic heterocycles. The maximum atomic E-state index is 13.0. The van der Waals surface area contributed by atoms with Gasteiger partial charge in [0.1, 0.15) is 42.0 Å². The number of pyridine rings is 2. The maximum absolute atomic E-state index is 13.0. The number of ether oxygens (including phenoxy) is 3. The lowest BCUT2D eigenvalue weighted by atomic mass is 10.1. The summed E-state index contributed by atoms with van der Waals surface area (Å²) in [5.74, 6) is 2.82. The summed E-state index contributed by atoms with van der Waals surface area (Å²) in [5.41, 5.74) is 9.77. The summed E-state index contributed by atoms with van der Waals surface area (Å²) in [7, 11) is 4.83. The number of nitrogens with zero attached hydrogens (tertiary/aromatic N) is 6. The van der Waals surface area contributed by atoms with Crippen LogP contribution in [0.1, 0.15) is 110 Å². The van der Waals surface area contributed by atoms with Gasteiger partial charge in [0.25, 0.3) is 0 Å². The van der Waals surface area contributed by atoms with Crippen LogP contribution in [0.4, 0.5) is 47.9 Å². The predicted molar refractivity (Wildman–Crippen MR) is 354 cm³/mol. The van der Waals surface area contributed by atoms with Crippen molar-refractivity contribution in [2.45, 2.75) is 143 Å². The second-order valence-electron chi connectivity index (χ2n) is 21.9. The molecule has 8 rings (SSSR count). The molecule has 5 atom stereocenters. The number of carbonyl (C=O) groups excluding carboxylic acids is 6. The van der Waals surface area contributed by atoms with Crippen molar-refractivity contribution in [3.05, 3.63) is 121 Å². The molecule has 492 valence electrons. The summed E-state index contributed by atoms with van der Waals surface area (Å²) in [5, 5.41) is 34.1. The molecule has 0 radical (unpaired) electrons. The largest absolute Gasteiger partial charge is 0.497 e. The normalized spacial score (nSPS) is 16.2. The number of carbonyl (C=O) groups is 6. The maximum Gasteiger partial charge on any atom is 0.325 e. The van der Waals surface area contributed by atoms with Gasteiger partial charge in [-0.25, -0.2) is 29.1 Å². The number of hydrogen-bond donors (Lipinski definition) is 9. The minimum Gasteiger partial charge on any atom is -0.497 e. The molecule has 3 fully saturated rings. The molecule has 0 saturated carbocycles. The van der Waals surface area contributed by atoms with Crippen molar-refractivity contribution < 1.29 is 53.2 Å². The summed E-state index contributed by atoms with van der Waals surface area (Å²) in [4.78, 5) is 87.7. The zero-order valence-corrected chi connectivity index (χ0v) is 54.1. The Morgan fingerprint density at radius 2 is 1.09 bits per heavy atom. The Balaban J connectivity index is 0.000000252. The summed E-state index contributed by atoms with van der Waals surface area (Å²) in [6, 6.07) is 28.8. The average Bonchev–Trinajstić information content (AvgIpc) is 2.39. The highest BCUT2D eigenvalue weighted by atomic mass is 16.5. The standard InChI is InChI=1S/C21H26N4O3.C14H20N4O2.C13H20N2O3.C13H18N2O2.C5H13NO/c1-4-5-17-13-24(16-6-8-18(28-3)9-7-16)21(27)25(17)14-20(26)23-19-12-15(2)10-11-22-19;1-3-4-11-8-16-14(20)18(11)9-13(19)17-12-7-10(2)5-6-15-12;1-3-4-11(9-16)15-13(17)14-10-5-7-12(18-2)8-6-10;1-3-4-10-9-15(13(16)14-10)11-5-7-12(17-2)8-6-11;1-2-3-5(6)4-7/h6-12,17H,4-5,13-14H2,1-3H3,(H,22,23,26);5-7,11H,3-4,8-9H2,1-2H3,(H,16,20)(H,15,17,19);5-8,11,16H,3-4,9H2,1-2H3,(H2,14,15,17);5-8,10H,3-4,9H2,1-2H3,(H,14,16);5,7H,2-4,6H2,1H3/t17-;2*11-;10-;5-/m00000/s1. The number of nitrogens with two attached hydrogens (primary N) is 1. The van der Waals surface area contributed by atoms with Gasteiger partial charge in [0.15, 0.2) is 0 Å². The number of methoxy groups -OCH3 is 3. The van der Waals surface area contributed by atoms with Crippen LogP contribution in [0.2, 0.25) is 0 Å². The van der Waals surface area contributed by atoms with Crippen LogP contribution in [-0.2, 0) is 9.59 Å². The van der Waals surface area contributed by atoms with Gasteiger partial charge in [0.2, 0.25) is 11.8 Å². The fourth-order valence-corrected chi connectivity index (χ4v) is 9.86. The van der Waals surface area contributed by atoms with E-state index in [9.17, 15) is 28.8 Å². The zero-order chi connectivity index (χ0) is 66.0. The minimum atomic E-state index is -0.312. The molecule has 3 aromatic carbocycles. The van der Waals surface area contributed by atoms with Crippen molar-refractivity contribution in [1.29, 1.82) is 0 Å². The van der Waals surface area contributed by atoms with Gasteiger partial charge in [-0.3, -0.25) is 19.4 Å². The second-order valence-corrected chi connectivity index (χ2v) is 21.9. The van der Waals surface area contributed by atoms with Gasteiger partial charge in [0, 0.05) is 61.2 Å². The van der Waals surface area contributed by atoms with Crippen LogP contribution in [0.5, 0.6) is 17.2 Å². The number of aryl methyl sites for hydroxylation is 2. The van der Waals surface area contributed by atoms with Gasteiger partial charge in [0.05, 0.1) is 52.7 Å². The molecule has 3 aliphatic rings. The Morgan fingerprint density at radius 3 is 1.54 bits per heavy atom. The number of nitrogens with one attached hydrogen (secondary N) is 6. The molecule has 5 heterocycles. The molecule has 5 aromatic rings. The molecule has 0 bridgehead atoms. The molecule has 24 heteroatoms. The number of benzene rings is 3. The Morgan fingerprint density at radius 1 is 0.600 bits per heavy atom. The number of hydrogen-bond acceptors (Lipinski definition) is 14. The fraction of sp³-hybridized carbons (Fsp3) is 0.485. The lowest BCUT2D eigenvalue weighted by Crippen LogP contribution is -2.41.